The van der Waals surface area contributed by atoms with E-state index in [2.05, 4.69) is 40.5 Å². The Bertz CT molecular complexity index is 646. The number of benzene rings is 1. The summed E-state index contributed by atoms with van der Waals surface area (Å²) in [6.07, 6.45) is 5.95. The van der Waals surface area contributed by atoms with Crippen LogP contribution in [0.25, 0.3) is 0 Å². The summed E-state index contributed by atoms with van der Waals surface area (Å²) in [5.41, 5.74) is 8.57. The van der Waals surface area contributed by atoms with E-state index in [-0.39, 0.29) is 12.0 Å². The van der Waals surface area contributed by atoms with Crippen molar-refractivity contribution in [1.29, 1.82) is 0 Å². The first-order valence-electron chi connectivity index (χ1n) is 6.66. The topological polar surface area (TPSA) is 64.9 Å². The molecule has 0 bridgehead atoms. The van der Waals surface area contributed by atoms with Gasteiger partial charge in [-0.05, 0) is 24.0 Å². The second-order valence-electron chi connectivity index (χ2n) is 5.34. The Balaban J connectivity index is 1.59. The molecule has 0 fully saturated rings. The molecule has 1 heterocycles. The molecule has 0 aliphatic heterocycles. The molecule has 96 valence electrons. The zero-order chi connectivity index (χ0) is 12.8. The lowest BCUT2D eigenvalue weighted by molar-refractivity contribution is 0.357. The van der Waals surface area contributed by atoms with E-state index in [1.54, 1.807) is 0 Å². The fourth-order valence-corrected chi connectivity index (χ4v) is 2.94. The molecule has 2 N–H and O–H groups in total. The van der Waals surface area contributed by atoms with E-state index < -0.39 is 0 Å². The molecular weight excluding hydrogens is 238 g/mol. The van der Waals surface area contributed by atoms with E-state index >= 15 is 0 Å². The van der Waals surface area contributed by atoms with E-state index in [1.165, 1.54) is 11.1 Å². The van der Waals surface area contributed by atoms with Crippen LogP contribution in [0, 0.1) is 0 Å². The maximum Gasteiger partial charge on any atom is 0.233 e. The SMILES string of the molecule is NC1C=CC(c2nc(C3Cc4ccccc43)no2)C1. The molecule has 0 spiro atoms. The molecule has 19 heavy (non-hydrogen) atoms. The zero-order valence-electron chi connectivity index (χ0n) is 10.5. The maximum absolute atomic E-state index is 5.85. The first-order chi connectivity index (χ1) is 9.31. The van der Waals surface area contributed by atoms with E-state index in [1.807, 2.05) is 6.08 Å². The van der Waals surface area contributed by atoms with Gasteiger partial charge in [0.25, 0.3) is 0 Å². The molecule has 2 aromatic rings. The van der Waals surface area contributed by atoms with E-state index in [0.29, 0.717) is 11.8 Å². The number of allylic oxidation sites excluding steroid dienone is 1. The lowest BCUT2D eigenvalue weighted by atomic mass is 9.77. The Hall–Kier alpha value is -1.94. The highest BCUT2D eigenvalue weighted by Crippen LogP contribution is 2.39. The summed E-state index contributed by atoms with van der Waals surface area (Å²) in [6, 6.07) is 8.55. The fourth-order valence-electron chi connectivity index (χ4n) is 2.94. The molecule has 0 saturated carbocycles. The summed E-state index contributed by atoms with van der Waals surface area (Å²) in [4.78, 5) is 4.56. The Labute approximate surface area is 111 Å². The van der Waals surface area contributed by atoms with Gasteiger partial charge in [0.15, 0.2) is 5.82 Å². The highest BCUT2D eigenvalue weighted by molar-refractivity contribution is 5.43. The van der Waals surface area contributed by atoms with Crippen molar-refractivity contribution < 1.29 is 4.52 Å². The van der Waals surface area contributed by atoms with Crippen LogP contribution < -0.4 is 5.73 Å². The van der Waals surface area contributed by atoms with Gasteiger partial charge in [-0.1, -0.05) is 41.6 Å². The summed E-state index contributed by atoms with van der Waals surface area (Å²) in [7, 11) is 0. The van der Waals surface area contributed by atoms with Crippen molar-refractivity contribution >= 4 is 0 Å². The van der Waals surface area contributed by atoms with Crippen LogP contribution in [0.3, 0.4) is 0 Å². The highest BCUT2D eigenvalue weighted by atomic mass is 16.5. The van der Waals surface area contributed by atoms with Gasteiger partial charge in [-0.2, -0.15) is 4.98 Å². The highest BCUT2D eigenvalue weighted by Gasteiger charge is 2.32. The molecule has 1 aromatic heterocycles. The molecular formula is C15H15N3O. The van der Waals surface area contributed by atoms with Crippen LogP contribution >= 0.6 is 0 Å². The third-order valence-corrected chi connectivity index (χ3v) is 4.06. The van der Waals surface area contributed by atoms with Crippen LogP contribution in [0.1, 0.15) is 41.1 Å². The molecule has 3 atom stereocenters. The molecule has 0 saturated heterocycles. The number of aromatic nitrogens is 2. The van der Waals surface area contributed by atoms with Crippen molar-refractivity contribution in [1.82, 2.24) is 10.1 Å². The minimum atomic E-state index is 0.116. The molecule has 4 rings (SSSR count). The molecule has 4 heteroatoms. The lowest BCUT2D eigenvalue weighted by Crippen LogP contribution is -2.19. The normalized spacial score (nSPS) is 28.2. The van der Waals surface area contributed by atoms with Gasteiger partial charge in [0.2, 0.25) is 5.89 Å². The third-order valence-electron chi connectivity index (χ3n) is 4.06. The number of nitrogens with two attached hydrogens (primary N) is 1. The largest absolute Gasteiger partial charge is 0.339 e. The molecule has 0 amide bonds. The number of rotatable bonds is 2. The lowest BCUT2D eigenvalue weighted by Gasteiger charge is -2.27. The minimum absolute atomic E-state index is 0.116. The second kappa shape index (κ2) is 4.03. The van der Waals surface area contributed by atoms with Crippen molar-refractivity contribution in [2.45, 2.75) is 30.7 Å². The van der Waals surface area contributed by atoms with Crippen LogP contribution in [0.5, 0.6) is 0 Å². The van der Waals surface area contributed by atoms with Gasteiger partial charge in [0.05, 0.1) is 11.8 Å². The summed E-state index contributed by atoms with van der Waals surface area (Å²) < 4.78 is 5.40. The van der Waals surface area contributed by atoms with Gasteiger partial charge in [-0.25, -0.2) is 0 Å². The van der Waals surface area contributed by atoms with Crippen LogP contribution in [-0.2, 0) is 6.42 Å². The first kappa shape index (κ1) is 10.9. The van der Waals surface area contributed by atoms with Crippen molar-refractivity contribution in [2.24, 2.45) is 5.73 Å². The summed E-state index contributed by atoms with van der Waals surface area (Å²) >= 11 is 0. The van der Waals surface area contributed by atoms with Crippen molar-refractivity contribution in [3.63, 3.8) is 0 Å². The summed E-state index contributed by atoms with van der Waals surface area (Å²) in [5, 5.41) is 4.15. The minimum Gasteiger partial charge on any atom is -0.339 e. The van der Waals surface area contributed by atoms with E-state index in [0.717, 1.165) is 18.7 Å². The molecule has 4 nitrogen and oxygen atoms in total. The van der Waals surface area contributed by atoms with Crippen molar-refractivity contribution in [3.05, 3.63) is 59.3 Å². The Kier molecular flexibility index (Phi) is 2.32. The van der Waals surface area contributed by atoms with Gasteiger partial charge in [-0.15, -0.1) is 0 Å². The summed E-state index contributed by atoms with van der Waals surface area (Å²) in [6.45, 7) is 0. The quantitative estimate of drug-likeness (QED) is 0.833. The van der Waals surface area contributed by atoms with Gasteiger partial charge in [0, 0.05) is 6.04 Å². The number of hydrogen-bond acceptors (Lipinski definition) is 4. The maximum atomic E-state index is 5.85. The van der Waals surface area contributed by atoms with E-state index in [4.69, 9.17) is 10.3 Å². The Morgan fingerprint density at radius 1 is 1.21 bits per heavy atom. The van der Waals surface area contributed by atoms with Gasteiger partial charge in [-0.3, -0.25) is 0 Å². The molecule has 3 unspecified atom stereocenters. The molecule has 2 aliphatic carbocycles. The van der Waals surface area contributed by atoms with E-state index in [9.17, 15) is 0 Å². The number of nitrogens with zero attached hydrogens (tertiary/aromatic N) is 2. The second-order valence-corrected chi connectivity index (χ2v) is 5.34. The van der Waals surface area contributed by atoms with Crippen LogP contribution in [0.2, 0.25) is 0 Å². The molecule has 0 radical (unpaired) electrons. The Morgan fingerprint density at radius 3 is 2.89 bits per heavy atom. The van der Waals surface area contributed by atoms with Crippen molar-refractivity contribution in [2.75, 3.05) is 0 Å². The fraction of sp³-hybridized carbons (Fsp3) is 0.333. The average Bonchev–Trinajstić information content (AvgIpc) is 3.00. The third kappa shape index (κ3) is 1.71. The number of fused-ring (bicyclic) bond motifs is 1. The predicted octanol–water partition coefficient (Wildman–Crippen LogP) is 2.13. The van der Waals surface area contributed by atoms with Crippen LogP contribution in [0.4, 0.5) is 0 Å². The number of hydrogen-bond donors (Lipinski definition) is 1. The zero-order valence-corrected chi connectivity index (χ0v) is 10.5. The van der Waals surface area contributed by atoms with Gasteiger partial charge >= 0.3 is 0 Å². The molecule has 2 aliphatic rings. The van der Waals surface area contributed by atoms with Gasteiger partial charge in [0.1, 0.15) is 0 Å². The predicted molar refractivity (Wildman–Crippen MR) is 70.8 cm³/mol. The average molecular weight is 253 g/mol. The standard InChI is InChI=1S/C15H15N3O/c16-11-6-5-10(7-11)15-17-14(18-19-15)13-8-9-3-1-2-4-12(9)13/h1-6,10-11,13H,7-8,16H2. The first-order valence-corrected chi connectivity index (χ1v) is 6.66. The Morgan fingerprint density at radius 2 is 2.11 bits per heavy atom. The monoisotopic (exact) mass is 253 g/mol. The summed E-state index contributed by atoms with van der Waals surface area (Å²) in [5.74, 6) is 1.99. The van der Waals surface area contributed by atoms with Crippen LogP contribution in [-0.4, -0.2) is 16.2 Å². The smallest absolute Gasteiger partial charge is 0.233 e. The van der Waals surface area contributed by atoms with Crippen LogP contribution in [0.15, 0.2) is 40.9 Å². The molecule has 1 aromatic carbocycles. The van der Waals surface area contributed by atoms with Gasteiger partial charge < -0.3 is 10.3 Å². The van der Waals surface area contributed by atoms with Crippen molar-refractivity contribution in [3.8, 4) is 0 Å².